The Bertz CT molecular complexity index is 566. The van der Waals surface area contributed by atoms with Crippen LogP contribution in [0.1, 0.15) is 23.7 Å². The molecule has 1 amide bonds. The Hall–Kier alpha value is -2.33. The van der Waals surface area contributed by atoms with Crippen LogP contribution in [0.5, 0.6) is 5.75 Å². The second-order valence-corrected chi connectivity index (χ2v) is 4.91. The summed E-state index contributed by atoms with van der Waals surface area (Å²) in [6.45, 7) is 0.424. The predicted octanol–water partition coefficient (Wildman–Crippen LogP) is 2.17. The molecule has 1 unspecified atom stereocenters. The van der Waals surface area contributed by atoms with Crippen molar-refractivity contribution in [2.24, 2.45) is 0 Å². The lowest BCUT2D eigenvalue weighted by molar-refractivity contribution is -0.120. The Balaban J connectivity index is 1.73. The predicted molar refractivity (Wildman–Crippen MR) is 80.8 cm³/mol. The third-order valence-electron chi connectivity index (χ3n) is 3.23. The molecule has 0 aliphatic rings. The van der Waals surface area contributed by atoms with E-state index >= 15 is 0 Å². The van der Waals surface area contributed by atoms with E-state index in [1.54, 1.807) is 24.3 Å². The molecule has 3 N–H and O–H groups in total. The molecule has 2 aromatic carbocycles. The molecule has 0 spiro atoms. The number of carbonyl (C=O) groups is 1. The molecule has 0 fully saturated rings. The molecule has 0 saturated heterocycles. The van der Waals surface area contributed by atoms with Crippen molar-refractivity contribution in [3.63, 3.8) is 0 Å². The third kappa shape index (κ3) is 4.93. The van der Waals surface area contributed by atoms with Gasteiger partial charge >= 0.3 is 0 Å². The maximum atomic E-state index is 11.8. The van der Waals surface area contributed by atoms with Crippen LogP contribution in [0.15, 0.2) is 54.6 Å². The first-order valence-electron chi connectivity index (χ1n) is 6.93. The molecular formula is C17H19NO3. The second kappa shape index (κ2) is 7.45. The monoisotopic (exact) mass is 285 g/mol. The minimum absolute atomic E-state index is 0.0963. The van der Waals surface area contributed by atoms with Crippen molar-refractivity contribution in [2.75, 3.05) is 6.54 Å². The number of aliphatic hydroxyl groups excluding tert-OH is 1. The van der Waals surface area contributed by atoms with Crippen molar-refractivity contribution in [2.45, 2.75) is 18.9 Å². The number of aliphatic hydroxyl groups is 1. The molecule has 0 radical (unpaired) electrons. The van der Waals surface area contributed by atoms with E-state index in [1.165, 1.54) is 0 Å². The Morgan fingerprint density at radius 2 is 1.71 bits per heavy atom. The summed E-state index contributed by atoms with van der Waals surface area (Å²) < 4.78 is 0. The summed E-state index contributed by atoms with van der Waals surface area (Å²) in [6.07, 6.45) is 0.174. The van der Waals surface area contributed by atoms with Gasteiger partial charge in [-0.3, -0.25) is 4.79 Å². The van der Waals surface area contributed by atoms with Gasteiger partial charge in [0.2, 0.25) is 5.91 Å². The van der Waals surface area contributed by atoms with Crippen molar-refractivity contribution >= 4 is 5.91 Å². The molecule has 4 nitrogen and oxygen atoms in total. The fraction of sp³-hybridized carbons (Fsp3) is 0.235. The third-order valence-corrected chi connectivity index (χ3v) is 3.23. The summed E-state index contributed by atoms with van der Waals surface area (Å²) in [5.41, 5.74) is 1.69. The Morgan fingerprint density at radius 1 is 1.05 bits per heavy atom. The topological polar surface area (TPSA) is 69.6 Å². The highest BCUT2D eigenvalue weighted by Crippen LogP contribution is 2.15. The minimum Gasteiger partial charge on any atom is -0.508 e. The Kier molecular flexibility index (Phi) is 5.35. The lowest BCUT2D eigenvalue weighted by Gasteiger charge is -2.11. The molecule has 21 heavy (non-hydrogen) atoms. The summed E-state index contributed by atoms with van der Waals surface area (Å²) in [5, 5.41) is 21.9. The molecule has 0 heterocycles. The molecule has 110 valence electrons. The fourth-order valence-electron chi connectivity index (χ4n) is 2.05. The van der Waals surface area contributed by atoms with E-state index < -0.39 is 6.10 Å². The SMILES string of the molecule is O=C(Cc1ccc(O)cc1)NCCC(O)c1ccccc1. The summed E-state index contributed by atoms with van der Waals surface area (Å²) in [4.78, 5) is 11.8. The maximum Gasteiger partial charge on any atom is 0.224 e. The Labute approximate surface area is 124 Å². The van der Waals surface area contributed by atoms with Gasteiger partial charge in [-0.15, -0.1) is 0 Å². The fourth-order valence-corrected chi connectivity index (χ4v) is 2.05. The van der Waals surface area contributed by atoms with Crippen molar-refractivity contribution in [3.05, 3.63) is 65.7 Å². The van der Waals surface area contributed by atoms with Crippen LogP contribution in [0.2, 0.25) is 0 Å². The largest absolute Gasteiger partial charge is 0.508 e. The summed E-state index contributed by atoms with van der Waals surface area (Å²) in [7, 11) is 0. The highest BCUT2D eigenvalue weighted by Gasteiger charge is 2.08. The molecule has 4 heteroatoms. The van der Waals surface area contributed by atoms with Crippen molar-refractivity contribution in [1.29, 1.82) is 0 Å². The number of hydrogen-bond donors (Lipinski definition) is 3. The van der Waals surface area contributed by atoms with Crippen LogP contribution in [0, 0.1) is 0 Å². The zero-order valence-electron chi connectivity index (χ0n) is 11.7. The highest BCUT2D eigenvalue weighted by atomic mass is 16.3. The number of benzene rings is 2. The lowest BCUT2D eigenvalue weighted by atomic mass is 10.1. The number of amides is 1. The van der Waals surface area contributed by atoms with Gasteiger partial charge in [0, 0.05) is 6.54 Å². The average Bonchev–Trinajstić information content (AvgIpc) is 2.50. The number of aromatic hydroxyl groups is 1. The van der Waals surface area contributed by atoms with E-state index in [1.807, 2.05) is 30.3 Å². The van der Waals surface area contributed by atoms with Gasteiger partial charge in [-0.1, -0.05) is 42.5 Å². The van der Waals surface area contributed by atoms with E-state index in [0.29, 0.717) is 13.0 Å². The number of carbonyl (C=O) groups excluding carboxylic acids is 1. The van der Waals surface area contributed by atoms with Gasteiger partial charge in [0.1, 0.15) is 5.75 Å². The lowest BCUT2D eigenvalue weighted by Crippen LogP contribution is -2.27. The van der Waals surface area contributed by atoms with Crippen molar-refractivity contribution < 1.29 is 15.0 Å². The van der Waals surface area contributed by atoms with Gasteiger partial charge in [-0.05, 0) is 29.7 Å². The summed E-state index contributed by atoms with van der Waals surface area (Å²) in [6, 6.07) is 15.9. The average molecular weight is 285 g/mol. The molecule has 1 atom stereocenters. The minimum atomic E-state index is -0.569. The van der Waals surface area contributed by atoms with Gasteiger partial charge < -0.3 is 15.5 Å². The number of hydrogen-bond acceptors (Lipinski definition) is 3. The summed E-state index contributed by atoms with van der Waals surface area (Å²) >= 11 is 0. The van der Waals surface area contributed by atoms with E-state index in [-0.39, 0.29) is 18.1 Å². The van der Waals surface area contributed by atoms with Crippen LogP contribution >= 0.6 is 0 Å². The normalized spacial score (nSPS) is 11.9. The van der Waals surface area contributed by atoms with Gasteiger partial charge in [0.25, 0.3) is 0 Å². The smallest absolute Gasteiger partial charge is 0.224 e. The molecule has 0 bridgehead atoms. The number of phenols is 1. The quantitative estimate of drug-likeness (QED) is 0.762. The van der Waals surface area contributed by atoms with Crippen LogP contribution in [0.4, 0.5) is 0 Å². The summed E-state index contributed by atoms with van der Waals surface area (Å²) in [5.74, 6) is 0.0890. The van der Waals surface area contributed by atoms with Gasteiger partial charge in [-0.25, -0.2) is 0 Å². The second-order valence-electron chi connectivity index (χ2n) is 4.91. The van der Waals surface area contributed by atoms with Crippen molar-refractivity contribution in [1.82, 2.24) is 5.32 Å². The van der Waals surface area contributed by atoms with E-state index in [0.717, 1.165) is 11.1 Å². The first-order chi connectivity index (χ1) is 10.1. The molecule has 0 aromatic heterocycles. The van der Waals surface area contributed by atoms with Gasteiger partial charge in [0.05, 0.1) is 12.5 Å². The first-order valence-corrected chi connectivity index (χ1v) is 6.93. The van der Waals surface area contributed by atoms with E-state index in [9.17, 15) is 15.0 Å². The Morgan fingerprint density at radius 3 is 2.38 bits per heavy atom. The first kappa shape index (κ1) is 15.1. The number of nitrogens with one attached hydrogen (secondary N) is 1. The molecule has 2 aromatic rings. The molecule has 2 rings (SSSR count). The van der Waals surface area contributed by atoms with Crippen LogP contribution < -0.4 is 5.32 Å². The maximum absolute atomic E-state index is 11.8. The van der Waals surface area contributed by atoms with E-state index in [2.05, 4.69) is 5.32 Å². The zero-order chi connectivity index (χ0) is 15.1. The van der Waals surface area contributed by atoms with Gasteiger partial charge in [-0.2, -0.15) is 0 Å². The number of phenolic OH excluding ortho intramolecular Hbond substituents is 1. The molecular weight excluding hydrogens is 266 g/mol. The van der Waals surface area contributed by atoms with Crippen LogP contribution in [-0.2, 0) is 11.2 Å². The van der Waals surface area contributed by atoms with Crippen LogP contribution in [-0.4, -0.2) is 22.7 Å². The van der Waals surface area contributed by atoms with Crippen molar-refractivity contribution in [3.8, 4) is 5.75 Å². The number of rotatable bonds is 6. The zero-order valence-corrected chi connectivity index (χ0v) is 11.7. The highest BCUT2D eigenvalue weighted by molar-refractivity contribution is 5.78. The van der Waals surface area contributed by atoms with E-state index in [4.69, 9.17) is 0 Å². The molecule has 0 aliphatic heterocycles. The molecule has 0 aliphatic carbocycles. The van der Waals surface area contributed by atoms with Crippen LogP contribution in [0.3, 0.4) is 0 Å². The molecule has 0 saturated carbocycles. The van der Waals surface area contributed by atoms with Crippen LogP contribution in [0.25, 0.3) is 0 Å². The van der Waals surface area contributed by atoms with Gasteiger partial charge in [0.15, 0.2) is 0 Å². The standard InChI is InChI=1S/C17H19NO3/c19-15-8-6-13(7-9-15)12-17(21)18-11-10-16(20)14-4-2-1-3-5-14/h1-9,16,19-20H,10-12H2,(H,18,21).